The fraction of sp³-hybridized carbons (Fsp3) is 0.364. The zero-order valence-electron chi connectivity index (χ0n) is 9.46. The fourth-order valence-corrected chi connectivity index (χ4v) is 3.03. The molecule has 0 spiro atoms. The zero-order chi connectivity index (χ0) is 13.3. The van der Waals surface area contributed by atoms with Crippen molar-refractivity contribution >= 4 is 23.4 Å². The van der Waals surface area contributed by atoms with Crippen LogP contribution in [0.4, 0.5) is 5.69 Å². The average Bonchev–Trinajstić information content (AvgIpc) is 2.38. The standard InChI is InChI=1S/C11H14N2O4S/c12-3-8(15)5-1-2-7(14)9-10(5)18-4-6(13-9)11(16)17/h1-2,6,8,13-15H,3-4,12H2,(H,16,17)/t6?,8-/m0/s1. The minimum atomic E-state index is -0.975. The first kappa shape index (κ1) is 13.0. The number of hydrogen-bond acceptors (Lipinski definition) is 6. The molecule has 98 valence electrons. The maximum Gasteiger partial charge on any atom is 0.327 e. The van der Waals surface area contributed by atoms with Crippen LogP contribution in [0.2, 0.25) is 0 Å². The second-order valence-corrected chi connectivity index (χ2v) is 5.01. The van der Waals surface area contributed by atoms with Crippen molar-refractivity contribution in [3.05, 3.63) is 17.7 Å². The van der Waals surface area contributed by atoms with E-state index in [2.05, 4.69) is 5.32 Å². The lowest BCUT2D eigenvalue weighted by Gasteiger charge is -2.27. The number of phenols is 1. The van der Waals surface area contributed by atoms with Gasteiger partial charge in [-0.25, -0.2) is 4.79 Å². The molecule has 1 aromatic carbocycles. The van der Waals surface area contributed by atoms with Gasteiger partial charge in [-0.1, -0.05) is 6.07 Å². The molecule has 7 heteroatoms. The molecule has 1 aliphatic rings. The van der Waals surface area contributed by atoms with Crippen molar-refractivity contribution in [3.8, 4) is 5.75 Å². The highest BCUT2D eigenvalue weighted by atomic mass is 32.2. The van der Waals surface area contributed by atoms with Crippen LogP contribution >= 0.6 is 11.8 Å². The molecule has 0 amide bonds. The van der Waals surface area contributed by atoms with Crippen molar-refractivity contribution in [2.24, 2.45) is 5.73 Å². The van der Waals surface area contributed by atoms with Gasteiger partial charge in [0.1, 0.15) is 11.8 Å². The van der Waals surface area contributed by atoms with Crippen molar-refractivity contribution in [2.75, 3.05) is 17.6 Å². The van der Waals surface area contributed by atoms with E-state index in [9.17, 15) is 15.0 Å². The minimum absolute atomic E-state index is 0.0311. The number of nitrogens with one attached hydrogen (secondary N) is 1. The summed E-state index contributed by atoms with van der Waals surface area (Å²) >= 11 is 1.29. The Morgan fingerprint density at radius 3 is 2.94 bits per heavy atom. The predicted octanol–water partition coefficient (Wildman–Crippen LogP) is 0.355. The van der Waals surface area contributed by atoms with E-state index in [0.717, 1.165) is 0 Å². The van der Waals surface area contributed by atoms with Gasteiger partial charge in [0.25, 0.3) is 0 Å². The number of carboxylic acid groups (broad SMARTS) is 1. The molecule has 6 N–H and O–H groups in total. The van der Waals surface area contributed by atoms with E-state index < -0.39 is 18.1 Å². The number of carboxylic acids is 1. The SMILES string of the molecule is NC[C@H](O)c1ccc(O)c2c1SCC(C(=O)O)N2. The van der Waals surface area contributed by atoms with Gasteiger partial charge in [-0.3, -0.25) is 0 Å². The topological polar surface area (TPSA) is 116 Å². The van der Waals surface area contributed by atoms with Crippen molar-refractivity contribution in [1.29, 1.82) is 0 Å². The Hall–Kier alpha value is -1.44. The van der Waals surface area contributed by atoms with Crippen molar-refractivity contribution < 1.29 is 20.1 Å². The van der Waals surface area contributed by atoms with Crippen molar-refractivity contribution in [3.63, 3.8) is 0 Å². The number of rotatable bonds is 3. The van der Waals surface area contributed by atoms with Gasteiger partial charge in [0.2, 0.25) is 0 Å². The van der Waals surface area contributed by atoms with Gasteiger partial charge in [0, 0.05) is 17.2 Å². The maximum absolute atomic E-state index is 10.9. The molecule has 1 unspecified atom stereocenters. The number of phenolic OH excluding ortho intramolecular Hbond substituents is 1. The summed E-state index contributed by atoms with van der Waals surface area (Å²) in [6, 6.07) is 2.27. The number of benzene rings is 1. The number of thioether (sulfide) groups is 1. The molecule has 1 aromatic rings. The van der Waals surface area contributed by atoms with Gasteiger partial charge in [-0.15, -0.1) is 11.8 Å². The van der Waals surface area contributed by atoms with Crippen LogP contribution in [-0.2, 0) is 4.79 Å². The summed E-state index contributed by atoms with van der Waals surface area (Å²) in [4.78, 5) is 11.6. The van der Waals surface area contributed by atoms with E-state index in [1.165, 1.54) is 17.8 Å². The summed E-state index contributed by atoms with van der Waals surface area (Å²) < 4.78 is 0. The number of anilines is 1. The summed E-state index contributed by atoms with van der Waals surface area (Å²) in [5.41, 5.74) is 6.37. The zero-order valence-corrected chi connectivity index (χ0v) is 10.3. The quantitative estimate of drug-likeness (QED) is 0.503. The molecule has 1 heterocycles. The Kier molecular flexibility index (Phi) is 3.65. The lowest BCUT2D eigenvalue weighted by Crippen LogP contribution is -2.34. The Morgan fingerprint density at radius 2 is 2.33 bits per heavy atom. The third-order valence-electron chi connectivity index (χ3n) is 2.76. The Balaban J connectivity index is 2.42. The number of nitrogens with two attached hydrogens (primary N) is 1. The molecule has 18 heavy (non-hydrogen) atoms. The second-order valence-electron chi connectivity index (χ2n) is 3.98. The first-order valence-corrected chi connectivity index (χ1v) is 6.39. The monoisotopic (exact) mass is 270 g/mol. The summed E-state index contributed by atoms with van der Waals surface area (Å²) in [6.07, 6.45) is -0.824. The van der Waals surface area contributed by atoms with E-state index in [4.69, 9.17) is 10.8 Å². The summed E-state index contributed by atoms with van der Waals surface area (Å²) in [7, 11) is 0. The minimum Gasteiger partial charge on any atom is -0.506 e. The van der Waals surface area contributed by atoms with Gasteiger partial charge in [0.05, 0.1) is 11.8 Å². The number of aliphatic hydroxyl groups excluding tert-OH is 1. The van der Waals surface area contributed by atoms with Crippen LogP contribution < -0.4 is 11.1 Å². The van der Waals surface area contributed by atoms with Gasteiger partial charge in [-0.05, 0) is 11.6 Å². The van der Waals surface area contributed by atoms with Gasteiger partial charge in [-0.2, -0.15) is 0 Å². The van der Waals surface area contributed by atoms with Gasteiger partial charge >= 0.3 is 5.97 Å². The van der Waals surface area contributed by atoms with Crippen LogP contribution in [0, 0.1) is 0 Å². The summed E-state index contributed by atoms with van der Waals surface area (Å²) in [5.74, 6) is -0.676. The highest BCUT2D eigenvalue weighted by molar-refractivity contribution is 7.99. The van der Waals surface area contributed by atoms with Crippen LogP contribution in [0.3, 0.4) is 0 Å². The summed E-state index contributed by atoms with van der Waals surface area (Å²) in [6.45, 7) is 0.0696. The number of aromatic hydroxyl groups is 1. The number of aliphatic carboxylic acids is 1. The van der Waals surface area contributed by atoms with Crippen LogP contribution in [0.25, 0.3) is 0 Å². The van der Waals surface area contributed by atoms with Crippen LogP contribution in [0.5, 0.6) is 5.75 Å². The average molecular weight is 270 g/mol. The number of aliphatic hydroxyl groups is 1. The molecule has 0 saturated carbocycles. The smallest absolute Gasteiger partial charge is 0.327 e. The molecule has 0 aliphatic carbocycles. The second kappa shape index (κ2) is 5.05. The first-order valence-electron chi connectivity index (χ1n) is 5.40. The molecular formula is C11H14N2O4S. The van der Waals surface area contributed by atoms with Crippen LogP contribution in [-0.4, -0.2) is 39.6 Å². The maximum atomic E-state index is 10.9. The van der Waals surface area contributed by atoms with E-state index in [1.54, 1.807) is 6.07 Å². The Bertz CT molecular complexity index is 480. The number of hydrogen-bond donors (Lipinski definition) is 5. The van der Waals surface area contributed by atoms with Crippen LogP contribution in [0.15, 0.2) is 17.0 Å². The number of carbonyl (C=O) groups is 1. The van der Waals surface area contributed by atoms with Gasteiger partial charge in [0.15, 0.2) is 0 Å². The molecule has 0 saturated heterocycles. The van der Waals surface area contributed by atoms with E-state index in [1.807, 2.05) is 0 Å². The third-order valence-corrected chi connectivity index (χ3v) is 3.99. The fourth-order valence-electron chi connectivity index (χ4n) is 1.79. The van der Waals surface area contributed by atoms with Crippen molar-refractivity contribution in [2.45, 2.75) is 17.0 Å². The lowest BCUT2D eigenvalue weighted by atomic mass is 10.1. The van der Waals surface area contributed by atoms with Crippen molar-refractivity contribution in [1.82, 2.24) is 0 Å². The molecule has 0 fully saturated rings. The first-order chi connectivity index (χ1) is 8.54. The molecule has 0 bridgehead atoms. The van der Waals surface area contributed by atoms with Crippen LogP contribution in [0.1, 0.15) is 11.7 Å². The van der Waals surface area contributed by atoms with E-state index in [0.29, 0.717) is 21.9 Å². The molecule has 1 aliphatic heterocycles. The lowest BCUT2D eigenvalue weighted by molar-refractivity contribution is -0.137. The molecular weight excluding hydrogens is 256 g/mol. The Labute approximate surface area is 108 Å². The number of fused-ring (bicyclic) bond motifs is 1. The van der Waals surface area contributed by atoms with Gasteiger partial charge < -0.3 is 26.4 Å². The highest BCUT2D eigenvalue weighted by Crippen LogP contribution is 2.43. The molecule has 2 rings (SSSR count). The molecule has 0 radical (unpaired) electrons. The third kappa shape index (κ3) is 2.24. The molecule has 2 atom stereocenters. The normalized spacial score (nSPS) is 19.8. The van der Waals surface area contributed by atoms with E-state index >= 15 is 0 Å². The molecule has 6 nitrogen and oxygen atoms in total. The predicted molar refractivity (Wildman–Crippen MR) is 67.9 cm³/mol. The largest absolute Gasteiger partial charge is 0.506 e. The summed E-state index contributed by atoms with van der Waals surface area (Å²) in [5, 5.41) is 31.3. The van der Waals surface area contributed by atoms with E-state index in [-0.39, 0.29) is 12.3 Å². The molecule has 0 aromatic heterocycles. The Morgan fingerprint density at radius 1 is 1.61 bits per heavy atom. The highest BCUT2D eigenvalue weighted by Gasteiger charge is 2.28.